The van der Waals surface area contributed by atoms with Gasteiger partial charge in [0.25, 0.3) is 0 Å². The van der Waals surface area contributed by atoms with Crippen LogP contribution < -0.4 is 10.2 Å². The summed E-state index contributed by atoms with van der Waals surface area (Å²) >= 11 is 6.22. The molecular formula is C20H19ClN2O3. The Morgan fingerprint density at radius 1 is 1.31 bits per heavy atom. The third kappa shape index (κ3) is 4.24. The van der Waals surface area contributed by atoms with Crippen LogP contribution in [-0.2, 0) is 0 Å². The summed E-state index contributed by atoms with van der Waals surface area (Å²) in [5.74, 6) is 0.420. The highest BCUT2D eigenvalue weighted by atomic mass is 35.5. The number of carbonyl (C=O) groups is 1. The molecule has 6 heteroatoms. The Balaban J connectivity index is 1.64. The van der Waals surface area contributed by atoms with Crippen LogP contribution >= 0.6 is 11.6 Å². The number of furan rings is 1. The van der Waals surface area contributed by atoms with Gasteiger partial charge in [-0.25, -0.2) is 5.43 Å². The lowest BCUT2D eigenvalue weighted by Crippen LogP contribution is -2.16. The van der Waals surface area contributed by atoms with Crippen LogP contribution in [0.15, 0.2) is 58.0 Å². The Kier molecular flexibility index (Phi) is 5.58. The molecule has 3 aromatic rings. The number of benzene rings is 2. The largest absolute Gasteiger partial charge is 0.489 e. The van der Waals surface area contributed by atoms with Gasteiger partial charge in [-0.05, 0) is 49.2 Å². The van der Waals surface area contributed by atoms with Crippen LogP contribution in [0.2, 0.25) is 5.02 Å². The number of hydrazone groups is 1. The predicted molar refractivity (Wildman–Crippen MR) is 103 cm³/mol. The smallest absolute Gasteiger partial charge is 0.307 e. The van der Waals surface area contributed by atoms with Crippen molar-refractivity contribution in [3.8, 4) is 5.75 Å². The Labute approximate surface area is 156 Å². The topological polar surface area (TPSA) is 63.8 Å². The SMILES string of the molecule is CC[C@H](C)Oc1ccc(/C=N/NC(=O)c2cc3ccccc3o2)cc1Cl. The first kappa shape index (κ1) is 18.0. The first-order valence-electron chi connectivity index (χ1n) is 8.35. The van der Waals surface area contributed by atoms with Gasteiger partial charge < -0.3 is 9.15 Å². The van der Waals surface area contributed by atoms with E-state index in [2.05, 4.69) is 10.5 Å². The Bertz CT molecular complexity index is 916. The van der Waals surface area contributed by atoms with Gasteiger partial charge in [0.1, 0.15) is 11.3 Å². The van der Waals surface area contributed by atoms with Gasteiger partial charge in [0.15, 0.2) is 5.76 Å². The van der Waals surface area contributed by atoms with E-state index in [0.717, 1.165) is 17.4 Å². The lowest BCUT2D eigenvalue weighted by atomic mass is 10.2. The van der Waals surface area contributed by atoms with E-state index < -0.39 is 5.91 Å². The molecule has 1 amide bonds. The maximum absolute atomic E-state index is 12.1. The number of amides is 1. The van der Waals surface area contributed by atoms with E-state index in [9.17, 15) is 4.79 Å². The van der Waals surface area contributed by atoms with Gasteiger partial charge in [-0.15, -0.1) is 0 Å². The van der Waals surface area contributed by atoms with E-state index in [0.29, 0.717) is 16.4 Å². The fourth-order valence-electron chi connectivity index (χ4n) is 2.31. The quantitative estimate of drug-likeness (QED) is 0.489. The van der Waals surface area contributed by atoms with E-state index in [1.807, 2.05) is 38.1 Å². The molecule has 0 aliphatic carbocycles. The summed E-state index contributed by atoms with van der Waals surface area (Å²) in [5.41, 5.74) is 3.85. The molecule has 134 valence electrons. The molecule has 1 N–H and O–H groups in total. The number of halogens is 1. The summed E-state index contributed by atoms with van der Waals surface area (Å²) in [4.78, 5) is 12.1. The molecule has 0 aliphatic rings. The summed E-state index contributed by atoms with van der Waals surface area (Å²) in [6.07, 6.45) is 2.50. The van der Waals surface area contributed by atoms with Crippen LogP contribution in [0.1, 0.15) is 36.4 Å². The molecule has 0 bridgehead atoms. The predicted octanol–water partition coefficient (Wildman–Crippen LogP) is 5.03. The molecule has 26 heavy (non-hydrogen) atoms. The number of carbonyl (C=O) groups excluding carboxylic acids is 1. The van der Waals surface area contributed by atoms with Crippen molar-refractivity contribution in [3.05, 3.63) is 64.9 Å². The minimum atomic E-state index is -0.416. The van der Waals surface area contributed by atoms with Gasteiger partial charge in [-0.2, -0.15) is 5.10 Å². The maximum Gasteiger partial charge on any atom is 0.307 e. The van der Waals surface area contributed by atoms with Crippen molar-refractivity contribution in [2.75, 3.05) is 0 Å². The fourth-order valence-corrected chi connectivity index (χ4v) is 2.54. The van der Waals surface area contributed by atoms with Crippen LogP contribution in [0, 0.1) is 0 Å². The molecule has 5 nitrogen and oxygen atoms in total. The third-order valence-corrected chi connectivity index (χ3v) is 4.18. The van der Waals surface area contributed by atoms with E-state index in [1.54, 1.807) is 24.3 Å². The molecule has 0 fully saturated rings. The van der Waals surface area contributed by atoms with Crippen LogP contribution in [0.3, 0.4) is 0 Å². The van der Waals surface area contributed by atoms with Crippen molar-refractivity contribution >= 4 is 34.7 Å². The number of fused-ring (bicyclic) bond motifs is 1. The molecule has 1 atom stereocenters. The first-order valence-corrected chi connectivity index (χ1v) is 8.73. The minimum absolute atomic E-state index is 0.0927. The lowest BCUT2D eigenvalue weighted by Gasteiger charge is -2.13. The number of rotatable bonds is 6. The average Bonchev–Trinajstić information content (AvgIpc) is 3.08. The highest BCUT2D eigenvalue weighted by Gasteiger charge is 2.11. The zero-order valence-corrected chi connectivity index (χ0v) is 15.3. The average molecular weight is 371 g/mol. The molecule has 0 aliphatic heterocycles. The van der Waals surface area contributed by atoms with E-state index >= 15 is 0 Å². The van der Waals surface area contributed by atoms with Crippen LogP contribution in [0.4, 0.5) is 0 Å². The molecule has 0 unspecified atom stereocenters. The monoisotopic (exact) mass is 370 g/mol. The fraction of sp³-hybridized carbons (Fsp3) is 0.200. The van der Waals surface area contributed by atoms with Gasteiger partial charge in [0, 0.05) is 5.39 Å². The van der Waals surface area contributed by atoms with E-state index in [1.165, 1.54) is 6.21 Å². The highest BCUT2D eigenvalue weighted by molar-refractivity contribution is 6.32. The van der Waals surface area contributed by atoms with Crippen molar-refractivity contribution in [2.24, 2.45) is 5.10 Å². The molecule has 3 rings (SSSR count). The lowest BCUT2D eigenvalue weighted by molar-refractivity contribution is 0.0929. The Hall–Kier alpha value is -2.79. The molecule has 1 aromatic heterocycles. The molecular weight excluding hydrogens is 352 g/mol. The van der Waals surface area contributed by atoms with Crippen molar-refractivity contribution < 1.29 is 13.9 Å². The molecule has 0 spiro atoms. The molecule has 0 saturated heterocycles. The second-order valence-electron chi connectivity index (χ2n) is 5.87. The second kappa shape index (κ2) is 8.06. The summed E-state index contributed by atoms with van der Waals surface area (Å²) in [6, 6.07) is 14.4. The number of para-hydroxylation sites is 1. The molecule has 2 aromatic carbocycles. The van der Waals surface area contributed by atoms with Crippen LogP contribution in [-0.4, -0.2) is 18.2 Å². The number of nitrogens with one attached hydrogen (secondary N) is 1. The minimum Gasteiger partial charge on any atom is -0.489 e. The van der Waals surface area contributed by atoms with E-state index in [4.69, 9.17) is 20.8 Å². The van der Waals surface area contributed by atoms with Crippen molar-refractivity contribution in [3.63, 3.8) is 0 Å². The van der Waals surface area contributed by atoms with Gasteiger partial charge in [0.05, 0.1) is 17.3 Å². The van der Waals surface area contributed by atoms with Crippen molar-refractivity contribution in [1.29, 1.82) is 0 Å². The second-order valence-corrected chi connectivity index (χ2v) is 6.28. The number of hydrogen-bond acceptors (Lipinski definition) is 4. The Morgan fingerprint density at radius 3 is 2.85 bits per heavy atom. The van der Waals surface area contributed by atoms with Crippen molar-refractivity contribution in [2.45, 2.75) is 26.4 Å². The maximum atomic E-state index is 12.1. The van der Waals surface area contributed by atoms with Crippen LogP contribution in [0.25, 0.3) is 11.0 Å². The molecule has 0 radical (unpaired) electrons. The number of nitrogens with zero attached hydrogens (tertiary/aromatic N) is 1. The number of hydrogen-bond donors (Lipinski definition) is 1. The van der Waals surface area contributed by atoms with Gasteiger partial charge in [0.2, 0.25) is 0 Å². The van der Waals surface area contributed by atoms with Crippen molar-refractivity contribution in [1.82, 2.24) is 5.43 Å². The summed E-state index contributed by atoms with van der Waals surface area (Å²) in [7, 11) is 0. The standard InChI is InChI=1S/C20H19ClN2O3/c1-3-13(2)25-18-9-8-14(10-16(18)21)12-22-23-20(24)19-11-15-6-4-5-7-17(15)26-19/h4-13H,3H2,1-2H3,(H,23,24)/b22-12+/t13-/m0/s1. The normalized spacial score (nSPS) is 12.4. The van der Waals surface area contributed by atoms with Crippen LogP contribution in [0.5, 0.6) is 5.75 Å². The number of ether oxygens (including phenoxy) is 1. The van der Waals surface area contributed by atoms with Gasteiger partial charge in [-0.3, -0.25) is 4.79 Å². The summed E-state index contributed by atoms with van der Waals surface area (Å²) in [6.45, 7) is 4.03. The Morgan fingerprint density at radius 2 is 2.12 bits per heavy atom. The van der Waals surface area contributed by atoms with E-state index in [-0.39, 0.29) is 11.9 Å². The summed E-state index contributed by atoms with van der Waals surface area (Å²) < 4.78 is 11.2. The summed E-state index contributed by atoms with van der Waals surface area (Å²) in [5, 5.41) is 5.32. The zero-order chi connectivity index (χ0) is 18.5. The molecule has 1 heterocycles. The third-order valence-electron chi connectivity index (χ3n) is 3.89. The first-order chi connectivity index (χ1) is 12.6. The molecule has 0 saturated carbocycles. The van der Waals surface area contributed by atoms with Gasteiger partial charge >= 0.3 is 5.91 Å². The van der Waals surface area contributed by atoms with Gasteiger partial charge in [-0.1, -0.05) is 36.7 Å². The zero-order valence-electron chi connectivity index (χ0n) is 14.5. The highest BCUT2D eigenvalue weighted by Crippen LogP contribution is 2.26.